The molecule has 0 N–H and O–H groups in total. The molecule has 158 valence electrons. The molecule has 1 aromatic carbocycles. The summed E-state index contributed by atoms with van der Waals surface area (Å²) in [6.07, 6.45) is 6.72. The Hall–Kier alpha value is -2.17. The molecule has 2 aliphatic rings. The van der Waals surface area contributed by atoms with Gasteiger partial charge in [-0.3, -0.25) is 4.79 Å². The maximum Gasteiger partial charge on any atom is 0.164 e. The van der Waals surface area contributed by atoms with Gasteiger partial charge in [0.1, 0.15) is 5.15 Å². The number of pyridine rings is 1. The second-order valence-corrected chi connectivity index (χ2v) is 8.99. The highest BCUT2D eigenvalue weighted by Gasteiger charge is 2.24. The van der Waals surface area contributed by atoms with Gasteiger partial charge in [-0.05, 0) is 68.9 Å². The summed E-state index contributed by atoms with van der Waals surface area (Å²) >= 11 is 6.28. The first-order valence-electron chi connectivity index (χ1n) is 10.8. The number of carbonyl (C=O) groups excluding carboxylic acids is 1. The van der Waals surface area contributed by atoms with Crippen LogP contribution in [-0.2, 0) is 11.2 Å². The minimum atomic E-state index is 0.151. The summed E-state index contributed by atoms with van der Waals surface area (Å²) in [7, 11) is 0. The predicted octanol–water partition coefficient (Wildman–Crippen LogP) is 5.59. The fourth-order valence-electron chi connectivity index (χ4n) is 4.69. The summed E-state index contributed by atoms with van der Waals surface area (Å²) in [6, 6.07) is 10.6. The van der Waals surface area contributed by atoms with Crippen LogP contribution in [0.15, 0.2) is 42.6 Å². The quantitative estimate of drug-likeness (QED) is 0.600. The van der Waals surface area contributed by atoms with Gasteiger partial charge < -0.3 is 9.64 Å². The highest BCUT2D eigenvalue weighted by atomic mass is 35.5. The molecule has 0 amide bonds. The number of aromatic nitrogens is 1. The molecule has 5 heteroatoms. The van der Waals surface area contributed by atoms with Crippen LogP contribution in [0.3, 0.4) is 0 Å². The molecule has 0 saturated carbocycles. The molecule has 4 nitrogen and oxygen atoms in total. The number of aryl methyl sites for hydroxylation is 1. The summed E-state index contributed by atoms with van der Waals surface area (Å²) in [5, 5.41) is 0.414. The first-order valence-corrected chi connectivity index (χ1v) is 11.1. The molecule has 0 radical (unpaired) electrons. The number of anilines is 1. The van der Waals surface area contributed by atoms with Crippen molar-refractivity contribution in [3.8, 4) is 0 Å². The van der Waals surface area contributed by atoms with E-state index in [1.54, 1.807) is 12.3 Å². The Bertz CT molecular complexity index is 944. The first-order chi connectivity index (χ1) is 14.4. The van der Waals surface area contributed by atoms with Crippen LogP contribution in [0, 0.1) is 5.92 Å². The van der Waals surface area contributed by atoms with E-state index in [4.69, 9.17) is 16.3 Å². The lowest BCUT2D eigenvalue weighted by Gasteiger charge is -2.36. The van der Waals surface area contributed by atoms with Crippen LogP contribution in [0.2, 0.25) is 5.15 Å². The maximum atomic E-state index is 12.8. The number of morpholine rings is 1. The molecular weight excluding hydrogens is 396 g/mol. The fourth-order valence-corrected chi connectivity index (χ4v) is 4.99. The summed E-state index contributed by atoms with van der Waals surface area (Å²) < 4.78 is 5.84. The number of carbonyl (C=O) groups is 1. The van der Waals surface area contributed by atoms with Crippen LogP contribution in [0.25, 0.3) is 5.57 Å². The predicted molar refractivity (Wildman–Crippen MR) is 122 cm³/mol. The fraction of sp³-hybridized carbons (Fsp3) is 0.440. The molecule has 30 heavy (non-hydrogen) atoms. The third kappa shape index (κ3) is 4.60. The molecule has 1 unspecified atom stereocenters. The number of fused-ring (bicyclic) bond motifs is 1. The van der Waals surface area contributed by atoms with E-state index in [9.17, 15) is 4.79 Å². The van der Waals surface area contributed by atoms with Crippen LogP contribution in [0.4, 0.5) is 5.69 Å². The van der Waals surface area contributed by atoms with Crippen molar-refractivity contribution in [2.45, 2.75) is 52.2 Å². The van der Waals surface area contributed by atoms with Gasteiger partial charge in [-0.2, -0.15) is 0 Å². The number of benzene rings is 1. The van der Waals surface area contributed by atoms with Crippen LogP contribution in [-0.4, -0.2) is 36.1 Å². The van der Waals surface area contributed by atoms with Gasteiger partial charge in [-0.15, -0.1) is 0 Å². The van der Waals surface area contributed by atoms with Gasteiger partial charge in [0, 0.05) is 42.5 Å². The van der Waals surface area contributed by atoms with Gasteiger partial charge in [0.15, 0.2) is 5.78 Å². The van der Waals surface area contributed by atoms with Gasteiger partial charge in [0.25, 0.3) is 0 Å². The van der Waals surface area contributed by atoms with Crippen molar-refractivity contribution >= 4 is 28.6 Å². The van der Waals surface area contributed by atoms with Gasteiger partial charge in [0.05, 0.1) is 12.2 Å². The molecule has 1 aliphatic carbocycles. The lowest BCUT2D eigenvalue weighted by molar-refractivity contribution is -0.00521. The molecule has 1 aromatic heterocycles. The van der Waals surface area contributed by atoms with E-state index in [1.165, 1.54) is 11.3 Å². The Labute approximate surface area is 183 Å². The zero-order valence-electron chi connectivity index (χ0n) is 17.9. The Kier molecular flexibility index (Phi) is 6.26. The number of Topliss-reactive ketones (excluding diaryl/α,β-unsaturated/α-hetero) is 1. The second-order valence-electron chi connectivity index (χ2n) is 8.63. The zero-order chi connectivity index (χ0) is 21.3. The number of rotatable bonds is 4. The van der Waals surface area contributed by atoms with Crippen molar-refractivity contribution in [2.24, 2.45) is 5.92 Å². The average Bonchev–Trinajstić information content (AvgIpc) is 2.83. The third-order valence-electron chi connectivity index (χ3n) is 6.06. The number of ketones is 1. The minimum absolute atomic E-state index is 0.151. The van der Waals surface area contributed by atoms with Gasteiger partial charge in [0.2, 0.25) is 0 Å². The molecule has 1 fully saturated rings. The summed E-state index contributed by atoms with van der Waals surface area (Å²) in [5.41, 5.74) is 5.09. The van der Waals surface area contributed by atoms with Crippen LogP contribution in [0.5, 0.6) is 0 Å². The molecule has 0 spiro atoms. The first kappa shape index (κ1) is 21.1. The van der Waals surface area contributed by atoms with E-state index in [-0.39, 0.29) is 23.9 Å². The normalized spacial score (nSPS) is 24.3. The number of hydrogen-bond acceptors (Lipinski definition) is 4. The highest BCUT2D eigenvalue weighted by Crippen LogP contribution is 2.33. The highest BCUT2D eigenvalue weighted by molar-refractivity contribution is 6.32. The topological polar surface area (TPSA) is 42.4 Å². The van der Waals surface area contributed by atoms with Crippen molar-refractivity contribution in [1.82, 2.24) is 4.98 Å². The number of hydrogen-bond donors (Lipinski definition) is 0. The Morgan fingerprint density at radius 2 is 1.83 bits per heavy atom. The number of ether oxygens (including phenoxy) is 1. The van der Waals surface area contributed by atoms with E-state index >= 15 is 0 Å². The van der Waals surface area contributed by atoms with E-state index in [1.807, 2.05) is 6.92 Å². The van der Waals surface area contributed by atoms with Crippen molar-refractivity contribution in [1.29, 1.82) is 0 Å². The Morgan fingerprint density at radius 1 is 1.13 bits per heavy atom. The van der Waals surface area contributed by atoms with Gasteiger partial charge >= 0.3 is 0 Å². The Morgan fingerprint density at radius 3 is 2.53 bits per heavy atom. The van der Waals surface area contributed by atoms with E-state index in [2.05, 4.69) is 54.1 Å². The number of allylic oxidation sites excluding steroid dienone is 2. The van der Waals surface area contributed by atoms with Crippen molar-refractivity contribution in [3.63, 3.8) is 0 Å². The van der Waals surface area contributed by atoms with E-state index in [0.717, 1.165) is 37.1 Å². The van der Waals surface area contributed by atoms with Crippen molar-refractivity contribution in [2.75, 3.05) is 18.0 Å². The van der Waals surface area contributed by atoms with Crippen LogP contribution >= 0.6 is 11.6 Å². The summed E-state index contributed by atoms with van der Waals surface area (Å²) in [6.45, 7) is 8.13. The lowest BCUT2D eigenvalue weighted by Crippen LogP contribution is -2.45. The van der Waals surface area contributed by atoms with Crippen molar-refractivity contribution in [3.05, 3.63) is 64.4 Å². The number of nitrogens with zero attached hydrogens (tertiary/aromatic N) is 2. The standard InChI is InChI=1S/C25H29ClN2O2/c1-16-12-20(13-23(29)22-10-11-27-25(26)24(16)22)5-4-19-6-8-21(9-7-19)28-14-17(2)30-18(3)15-28/h6-12,17-18,20H,4-5,13-15H2,1-3H3/t17-,18+,20?. The molecule has 0 bridgehead atoms. The molecule has 1 aliphatic heterocycles. The van der Waals surface area contributed by atoms with Crippen LogP contribution in [0.1, 0.15) is 55.1 Å². The smallest absolute Gasteiger partial charge is 0.164 e. The molecule has 3 atom stereocenters. The third-order valence-corrected chi connectivity index (χ3v) is 6.34. The molecular formula is C25H29ClN2O2. The van der Waals surface area contributed by atoms with Gasteiger partial charge in [-0.1, -0.05) is 29.8 Å². The molecule has 1 saturated heterocycles. The van der Waals surface area contributed by atoms with Crippen LogP contribution < -0.4 is 4.90 Å². The van der Waals surface area contributed by atoms with E-state index < -0.39 is 0 Å². The van der Waals surface area contributed by atoms with E-state index in [0.29, 0.717) is 17.1 Å². The molecule has 2 heterocycles. The largest absolute Gasteiger partial charge is 0.372 e. The summed E-state index contributed by atoms with van der Waals surface area (Å²) in [4.78, 5) is 19.3. The van der Waals surface area contributed by atoms with Crippen molar-refractivity contribution < 1.29 is 9.53 Å². The monoisotopic (exact) mass is 424 g/mol. The average molecular weight is 425 g/mol. The molecule has 4 rings (SSSR count). The lowest BCUT2D eigenvalue weighted by atomic mass is 9.93. The number of halogens is 1. The van der Waals surface area contributed by atoms with Gasteiger partial charge in [-0.25, -0.2) is 4.98 Å². The Balaban J connectivity index is 1.42. The summed E-state index contributed by atoms with van der Waals surface area (Å²) in [5.74, 6) is 0.361. The minimum Gasteiger partial charge on any atom is -0.372 e. The second kappa shape index (κ2) is 8.91. The zero-order valence-corrected chi connectivity index (χ0v) is 18.7. The maximum absolute atomic E-state index is 12.8. The SMILES string of the molecule is CC1=CC(CCc2ccc(N3C[C@@H](C)O[C@@H](C)C3)cc2)CC(=O)c2ccnc(Cl)c21. The molecule has 2 aromatic rings.